The molecule has 2 aromatic rings. The first-order valence-electron chi connectivity index (χ1n) is 12.7. The molecule has 38 heavy (non-hydrogen) atoms. The summed E-state index contributed by atoms with van der Waals surface area (Å²) in [5, 5.41) is 2.86. The molecule has 0 aliphatic carbocycles. The fraction of sp³-hybridized carbons (Fsp3) is 0.407. The molecule has 2 heterocycles. The molecule has 2 aliphatic rings. The Labute approximate surface area is 222 Å². The van der Waals surface area contributed by atoms with Crippen molar-refractivity contribution in [3.8, 4) is 0 Å². The fourth-order valence-electron chi connectivity index (χ4n) is 5.02. The summed E-state index contributed by atoms with van der Waals surface area (Å²) in [5.41, 5.74) is 1.34. The van der Waals surface area contributed by atoms with Gasteiger partial charge in [0.15, 0.2) is 0 Å². The Morgan fingerprint density at radius 1 is 1.08 bits per heavy atom. The lowest BCUT2D eigenvalue weighted by atomic mass is 9.94. The van der Waals surface area contributed by atoms with Crippen LogP contribution in [0.3, 0.4) is 0 Å². The van der Waals surface area contributed by atoms with Crippen LogP contribution in [0.2, 0.25) is 0 Å². The standard InChI is InChI=1S/C27H33FN4O5S/c1-4-31-23(18-30-15-16-32(19(3)17-30)38(35,36)22-9-7-6-8-10-22)24(26(33)37-5-2)25(29-27(31)34)20-11-13-21(28)14-12-20/h6-14,19,25H,4-5,15-18H2,1-3H3,(H,29,34)/t19-,25+/m1/s1. The van der Waals surface area contributed by atoms with E-state index in [1.54, 1.807) is 37.3 Å². The molecule has 4 rings (SSSR count). The molecule has 0 aromatic heterocycles. The lowest BCUT2D eigenvalue weighted by molar-refractivity contribution is -0.139. The highest BCUT2D eigenvalue weighted by atomic mass is 32.2. The van der Waals surface area contributed by atoms with E-state index in [4.69, 9.17) is 4.74 Å². The van der Waals surface area contributed by atoms with E-state index in [0.717, 1.165) is 0 Å². The molecule has 0 bridgehead atoms. The van der Waals surface area contributed by atoms with Gasteiger partial charge in [-0.2, -0.15) is 4.31 Å². The molecule has 1 N–H and O–H groups in total. The first-order chi connectivity index (χ1) is 18.2. The first kappa shape index (κ1) is 27.7. The maximum Gasteiger partial charge on any atom is 0.338 e. The number of nitrogens with one attached hydrogen (secondary N) is 1. The highest BCUT2D eigenvalue weighted by molar-refractivity contribution is 7.89. The van der Waals surface area contributed by atoms with Gasteiger partial charge in [0, 0.05) is 44.5 Å². The Bertz CT molecular complexity index is 1300. The summed E-state index contributed by atoms with van der Waals surface area (Å²) >= 11 is 0. The van der Waals surface area contributed by atoms with Crippen LogP contribution in [-0.4, -0.2) is 79.9 Å². The van der Waals surface area contributed by atoms with E-state index in [2.05, 4.69) is 5.32 Å². The molecule has 0 spiro atoms. The molecular formula is C27H33FN4O5S. The van der Waals surface area contributed by atoms with Gasteiger partial charge in [0.1, 0.15) is 5.82 Å². The second-order valence-electron chi connectivity index (χ2n) is 9.27. The van der Waals surface area contributed by atoms with E-state index >= 15 is 0 Å². The van der Waals surface area contributed by atoms with Gasteiger partial charge in [-0.1, -0.05) is 30.3 Å². The zero-order chi connectivity index (χ0) is 27.4. The topological polar surface area (TPSA) is 99.3 Å². The zero-order valence-corrected chi connectivity index (χ0v) is 22.6. The molecule has 9 nitrogen and oxygen atoms in total. The summed E-state index contributed by atoms with van der Waals surface area (Å²) in [6.07, 6.45) is 0. The maximum atomic E-state index is 13.6. The number of sulfonamides is 1. The summed E-state index contributed by atoms with van der Waals surface area (Å²) in [6, 6.07) is 12.5. The minimum absolute atomic E-state index is 0.152. The van der Waals surface area contributed by atoms with Crippen LogP contribution in [0.1, 0.15) is 32.4 Å². The average Bonchev–Trinajstić information content (AvgIpc) is 2.89. The van der Waals surface area contributed by atoms with Gasteiger partial charge >= 0.3 is 12.0 Å². The minimum Gasteiger partial charge on any atom is -0.463 e. The largest absolute Gasteiger partial charge is 0.463 e. The van der Waals surface area contributed by atoms with Crippen LogP contribution < -0.4 is 5.32 Å². The van der Waals surface area contributed by atoms with Crippen molar-refractivity contribution >= 4 is 22.0 Å². The van der Waals surface area contributed by atoms with Gasteiger partial charge in [-0.3, -0.25) is 9.80 Å². The Hall–Kier alpha value is -3.28. The molecule has 2 atom stereocenters. The maximum absolute atomic E-state index is 13.6. The number of amides is 2. The normalized spacial score (nSPS) is 21.4. The second kappa shape index (κ2) is 11.6. The molecular weight excluding hydrogens is 511 g/mol. The third kappa shape index (κ3) is 5.59. The number of rotatable bonds is 8. The number of carbonyl (C=O) groups excluding carboxylic acids is 2. The Morgan fingerprint density at radius 3 is 2.37 bits per heavy atom. The van der Waals surface area contributed by atoms with Crippen LogP contribution in [0.15, 0.2) is 70.8 Å². The van der Waals surface area contributed by atoms with Crippen LogP contribution in [0.25, 0.3) is 0 Å². The number of likely N-dealkylation sites (N-methyl/N-ethyl adjacent to an activating group) is 1. The monoisotopic (exact) mass is 544 g/mol. The number of urea groups is 1. The summed E-state index contributed by atoms with van der Waals surface area (Å²) in [5.74, 6) is -0.987. The number of benzene rings is 2. The lowest BCUT2D eigenvalue weighted by Crippen LogP contribution is -2.56. The lowest BCUT2D eigenvalue weighted by Gasteiger charge is -2.42. The molecule has 0 unspecified atom stereocenters. The van der Waals surface area contributed by atoms with E-state index < -0.39 is 27.9 Å². The number of ether oxygens (including phenoxy) is 1. The predicted molar refractivity (Wildman–Crippen MR) is 140 cm³/mol. The third-order valence-electron chi connectivity index (χ3n) is 6.83. The fourth-order valence-corrected chi connectivity index (χ4v) is 6.65. The smallest absolute Gasteiger partial charge is 0.338 e. The third-order valence-corrected chi connectivity index (χ3v) is 8.85. The van der Waals surface area contributed by atoms with Crippen molar-refractivity contribution in [1.82, 2.24) is 19.4 Å². The van der Waals surface area contributed by atoms with E-state index in [1.165, 1.54) is 33.5 Å². The quantitative estimate of drug-likeness (QED) is 0.513. The average molecular weight is 545 g/mol. The van der Waals surface area contributed by atoms with Gasteiger partial charge in [-0.05, 0) is 50.6 Å². The van der Waals surface area contributed by atoms with Crippen LogP contribution in [0.5, 0.6) is 0 Å². The summed E-state index contributed by atoms with van der Waals surface area (Å²) in [7, 11) is -3.66. The molecule has 11 heteroatoms. The number of carbonyl (C=O) groups is 2. The van der Waals surface area contributed by atoms with Crippen molar-refractivity contribution < 1.29 is 27.1 Å². The van der Waals surface area contributed by atoms with Gasteiger partial charge in [0.2, 0.25) is 10.0 Å². The number of hydrogen-bond donors (Lipinski definition) is 1. The number of piperazine rings is 1. The minimum atomic E-state index is -3.66. The molecule has 0 radical (unpaired) electrons. The molecule has 2 amide bonds. The summed E-state index contributed by atoms with van der Waals surface area (Å²) in [6.45, 7) is 7.17. The molecule has 0 saturated carbocycles. The molecule has 2 aromatic carbocycles. The van der Waals surface area contributed by atoms with Crippen molar-refractivity contribution in [2.24, 2.45) is 0 Å². The van der Waals surface area contributed by atoms with Crippen LogP contribution >= 0.6 is 0 Å². The van der Waals surface area contributed by atoms with Crippen LogP contribution in [0.4, 0.5) is 9.18 Å². The van der Waals surface area contributed by atoms with Gasteiger partial charge in [-0.15, -0.1) is 0 Å². The van der Waals surface area contributed by atoms with Crippen LogP contribution in [-0.2, 0) is 19.6 Å². The van der Waals surface area contributed by atoms with E-state index in [-0.39, 0.29) is 42.2 Å². The van der Waals surface area contributed by atoms with E-state index in [0.29, 0.717) is 30.9 Å². The highest BCUT2D eigenvalue weighted by Crippen LogP contribution is 2.33. The number of esters is 1. The number of halogens is 1. The van der Waals surface area contributed by atoms with E-state index in [1.807, 2.05) is 18.7 Å². The van der Waals surface area contributed by atoms with Crippen molar-refractivity contribution in [3.63, 3.8) is 0 Å². The van der Waals surface area contributed by atoms with Gasteiger partial charge in [-0.25, -0.2) is 22.4 Å². The molecule has 1 saturated heterocycles. The number of nitrogens with zero attached hydrogens (tertiary/aromatic N) is 3. The SMILES string of the molecule is CCOC(=O)C1=C(CN2CCN(S(=O)(=O)c3ccccc3)[C@H](C)C2)N(CC)C(=O)N[C@H]1c1ccc(F)cc1. The van der Waals surface area contributed by atoms with Crippen molar-refractivity contribution in [2.75, 3.05) is 39.3 Å². The van der Waals surface area contributed by atoms with Gasteiger partial charge < -0.3 is 10.1 Å². The zero-order valence-electron chi connectivity index (χ0n) is 21.8. The Morgan fingerprint density at radius 2 is 1.76 bits per heavy atom. The Balaban J connectivity index is 1.65. The Kier molecular flexibility index (Phi) is 8.49. The van der Waals surface area contributed by atoms with Crippen LogP contribution in [0, 0.1) is 5.82 Å². The summed E-state index contributed by atoms with van der Waals surface area (Å²) in [4.78, 5) is 30.1. The molecule has 2 aliphatic heterocycles. The van der Waals surface area contributed by atoms with Gasteiger partial charge in [0.25, 0.3) is 0 Å². The second-order valence-corrected chi connectivity index (χ2v) is 11.2. The van der Waals surface area contributed by atoms with Crippen molar-refractivity contribution in [2.45, 2.75) is 37.8 Å². The van der Waals surface area contributed by atoms with Crippen molar-refractivity contribution in [3.05, 3.63) is 77.2 Å². The first-order valence-corrected chi connectivity index (χ1v) is 14.1. The van der Waals surface area contributed by atoms with Gasteiger partial charge in [0.05, 0.1) is 23.1 Å². The molecule has 204 valence electrons. The van der Waals surface area contributed by atoms with Crippen molar-refractivity contribution in [1.29, 1.82) is 0 Å². The number of hydrogen-bond acceptors (Lipinski definition) is 6. The molecule has 1 fully saturated rings. The predicted octanol–water partition coefficient (Wildman–Crippen LogP) is 3.12. The van der Waals surface area contributed by atoms with E-state index in [9.17, 15) is 22.4 Å². The highest BCUT2D eigenvalue weighted by Gasteiger charge is 2.40. The summed E-state index contributed by atoms with van der Waals surface area (Å²) < 4.78 is 46.9.